The number of hydrogen-bond acceptors (Lipinski definition) is 4. The Morgan fingerprint density at radius 2 is 1.69 bits per heavy atom. The van der Waals surface area contributed by atoms with Crippen molar-refractivity contribution in [2.75, 3.05) is 13.2 Å². The smallest absolute Gasteiger partial charge is 0.202 e. The molecule has 0 radical (unpaired) electrons. The third kappa shape index (κ3) is 7.55. The van der Waals surface area contributed by atoms with Crippen molar-refractivity contribution in [3.63, 3.8) is 0 Å². The van der Waals surface area contributed by atoms with Crippen LogP contribution in [0.15, 0.2) is 11.6 Å². The molecule has 5 heteroatoms. The highest BCUT2D eigenvalue weighted by Gasteiger charge is 2.46. The maximum atomic E-state index is 12.8. The minimum Gasteiger partial charge on any atom is -0.402 e. The SMILES string of the molecule is CC1=CC[C@H](C[C@H](C#CCCCC2OCCO2)O[Si](C(C)C)(C(C)C)C(C)C)C(=O)CC1. The molecule has 0 unspecified atom stereocenters. The van der Waals surface area contributed by atoms with Gasteiger partial charge < -0.3 is 13.9 Å². The Morgan fingerprint density at radius 3 is 2.28 bits per heavy atom. The van der Waals surface area contributed by atoms with E-state index in [4.69, 9.17) is 13.9 Å². The normalized spacial score (nSPS) is 21.6. The van der Waals surface area contributed by atoms with Gasteiger partial charge in [0.15, 0.2) is 6.29 Å². The number of Topliss-reactive ketones (excluding diaryl/α,β-unsaturated/α-hetero) is 1. The van der Waals surface area contributed by atoms with Crippen LogP contribution in [0.4, 0.5) is 0 Å². The molecule has 182 valence electrons. The van der Waals surface area contributed by atoms with Crippen LogP contribution in [0, 0.1) is 17.8 Å². The molecule has 4 nitrogen and oxygen atoms in total. The topological polar surface area (TPSA) is 44.8 Å². The van der Waals surface area contributed by atoms with Crippen molar-refractivity contribution in [1.29, 1.82) is 0 Å². The zero-order valence-corrected chi connectivity index (χ0v) is 22.5. The Bertz CT molecular complexity index is 658. The Balaban J connectivity index is 2.15. The van der Waals surface area contributed by atoms with Crippen LogP contribution in [0.1, 0.15) is 93.4 Å². The molecular weight excluding hydrogens is 416 g/mol. The molecule has 0 aromatic rings. The first-order valence-corrected chi connectivity index (χ1v) is 14.9. The van der Waals surface area contributed by atoms with Gasteiger partial charge in [-0.25, -0.2) is 0 Å². The molecule has 0 N–H and O–H groups in total. The molecule has 1 heterocycles. The van der Waals surface area contributed by atoms with Crippen molar-refractivity contribution in [3.8, 4) is 11.8 Å². The van der Waals surface area contributed by atoms with Crippen molar-refractivity contribution >= 4 is 14.1 Å². The predicted molar refractivity (Wildman–Crippen MR) is 134 cm³/mol. The van der Waals surface area contributed by atoms with Gasteiger partial charge in [0.25, 0.3) is 0 Å². The molecule has 0 amide bonds. The highest BCUT2D eigenvalue weighted by molar-refractivity contribution is 6.77. The average Bonchev–Trinajstić information content (AvgIpc) is 3.19. The largest absolute Gasteiger partial charge is 0.402 e. The second-order valence-electron chi connectivity index (χ2n) is 10.5. The molecule has 1 saturated heterocycles. The summed E-state index contributed by atoms with van der Waals surface area (Å²) in [5.41, 5.74) is 2.82. The number of carbonyl (C=O) groups is 1. The summed E-state index contributed by atoms with van der Waals surface area (Å²) >= 11 is 0. The van der Waals surface area contributed by atoms with Crippen LogP contribution < -0.4 is 0 Å². The van der Waals surface area contributed by atoms with E-state index in [1.54, 1.807) is 0 Å². The molecule has 2 aliphatic rings. The summed E-state index contributed by atoms with van der Waals surface area (Å²) in [5.74, 6) is 7.25. The molecule has 0 aromatic carbocycles. The Kier molecular flexibility index (Phi) is 11.2. The molecule has 2 rings (SSSR count). The van der Waals surface area contributed by atoms with Crippen LogP contribution in [0.3, 0.4) is 0 Å². The molecular formula is C27H46O4Si. The number of ether oxygens (including phenoxy) is 2. The lowest BCUT2D eigenvalue weighted by molar-refractivity contribution is -0.123. The Morgan fingerprint density at radius 1 is 1.06 bits per heavy atom. The summed E-state index contributed by atoms with van der Waals surface area (Å²) in [6.07, 6.45) is 7.73. The predicted octanol–water partition coefficient (Wildman–Crippen LogP) is 6.80. The molecule has 1 aliphatic carbocycles. The van der Waals surface area contributed by atoms with E-state index in [1.807, 2.05) is 0 Å². The van der Waals surface area contributed by atoms with E-state index in [9.17, 15) is 4.79 Å². The summed E-state index contributed by atoms with van der Waals surface area (Å²) in [7, 11) is -2.08. The van der Waals surface area contributed by atoms with E-state index in [2.05, 4.69) is 66.4 Å². The number of unbranched alkanes of at least 4 members (excludes halogenated alkanes) is 1. The maximum absolute atomic E-state index is 12.8. The van der Waals surface area contributed by atoms with Crippen molar-refractivity contribution in [2.24, 2.45) is 5.92 Å². The lowest BCUT2D eigenvalue weighted by atomic mass is 9.93. The lowest BCUT2D eigenvalue weighted by Gasteiger charge is -2.44. The third-order valence-electron chi connectivity index (χ3n) is 7.22. The van der Waals surface area contributed by atoms with Gasteiger partial charge in [-0.2, -0.15) is 0 Å². The third-order valence-corrected chi connectivity index (χ3v) is 13.3. The van der Waals surface area contributed by atoms with Crippen LogP contribution >= 0.6 is 0 Å². The van der Waals surface area contributed by atoms with Crippen molar-refractivity contribution in [1.82, 2.24) is 0 Å². The molecule has 2 atom stereocenters. The van der Waals surface area contributed by atoms with Crippen molar-refractivity contribution in [2.45, 2.75) is 122 Å². The fourth-order valence-electron chi connectivity index (χ4n) is 5.50. The average molecular weight is 463 g/mol. The summed E-state index contributed by atoms with van der Waals surface area (Å²) in [6.45, 7) is 17.4. The molecule has 0 bridgehead atoms. The van der Waals surface area contributed by atoms with Gasteiger partial charge in [0.2, 0.25) is 8.32 Å². The standard InChI is InChI=1S/C27H46O4Si/c1-20(2)32(21(3)4,22(5)6)31-25(11-9-8-10-12-27-29-17-18-30-27)19-24-15-13-23(7)14-16-26(24)28/h13,20-22,24-25,27H,8,10,12,14-19H2,1-7H3/t24-,25+/m1/s1. The number of rotatable bonds is 10. The van der Waals surface area contributed by atoms with E-state index in [1.165, 1.54) is 5.57 Å². The summed E-state index contributed by atoms with van der Waals surface area (Å²) in [5, 5.41) is 0. The lowest BCUT2D eigenvalue weighted by Crippen LogP contribution is -2.50. The van der Waals surface area contributed by atoms with Crippen LogP contribution in [0.25, 0.3) is 0 Å². The van der Waals surface area contributed by atoms with Gasteiger partial charge >= 0.3 is 0 Å². The highest BCUT2D eigenvalue weighted by Crippen LogP contribution is 2.43. The first-order chi connectivity index (χ1) is 15.2. The van der Waals surface area contributed by atoms with E-state index in [0.29, 0.717) is 48.5 Å². The Labute approximate surface area is 198 Å². The minimum absolute atomic E-state index is 0.0187. The molecule has 1 fully saturated rings. The molecule has 0 aromatic heterocycles. The van der Waals surface area contributed by atoms with E-state index in [0.717, 1.165) is 32.1 Å². The van der Waals surface area contributed by atoms with Gasteiger partial charge in [-0.3, -0.25) is 4.79 Å². The number of hydrogen-bond donors (Lipinski definition) is 0. The van der Waals surface area contributed by atoms with Crippen LogP contribution in [-0.2, 0) is 18.7 Å². The summed E-state index contributed by atoms with van der Waals surface area (Å²) in [4.78, 5) is 12.8. The van der Waals surface area contributed by atoms with Gasteiger partial charge in [-0.1, -0.05) is 59.1 Å². The van der Waals surface area contributed by atoms with Crippen molar-refractivity contribution < 1.29 is 18.7 Å². The molecule has 0 saturated carbocycles. The Hall–Kier alpha value is -0.933. The van der Waals surface area contributed by atoms with Crippen LogP contribution in [0.5, 0.6) is 0 Å². The van der Waals surface area contributed by atoms with Gasteiger partial charge in [0.05, 0.1) is 13.2 Å². The number of ketones is 1. The van der Waals surface area contributed by atoms with Crippen LogP contribution in [-0.4, -0.2) is 39.7 Å². The van der Waals surface area contributed by atoms with Crippen molar-refractivity contribution in [3.05, 3.63) is 11.6 Å². The van der Waals surface area contributed by atoms with Gasteiger partial charge in [0, 0.05) is 18.8 Å². The number of carbonyl (C=O) groups excluding carboxylic acids is 1. The van der Waals surface area contributed by atoms with Gasteiger partial charge in [-0.15, -0.1) is 5.92 Å². The van der Waals surface area contributed by atoms with E-state index in [-0.39, 0.29) is 18.3 Å². The second kappa shape index (κ2) is 13.1. The molecule has 32 heavy (non-hydrogen) atoms. The zero-order chi connectivity index (χ0) is 23.7. The summed E-state index contributed by atoms with van der Waals surface area (Å²) in [6, 6.07) is 0. The zero-order valence-electron chi connectivity index (χ0n) is 21.5. The highest BCUT2D eigenvalue weighted by atomic mass is 28.4. The van der Waals surface area contributed by atoms with E-state index >= 15 is 0 Å². The fourth-order valence-corrected chi connectivity index (χ4v) is 11.0. The minimum atomic E-state index is -2.08. The first kappa shape index (κ1) is 27.3. The molecule has 0 spiro atoms. The van der Waals surface area contributed by atoms with Gasteiger partial charge in [-0.05, 0) is 55.7 Å². The number of allylic oxidation sites excluding steroid dienone is 2. The fraction of sp³-hybridized carbons (Fsp3) is 0.815. The quantitative estimate of drug-likeness (QED) is 0.155. The summed E-state index contributed by atoms with van der Waals surface area (Å²) < 4.78 is 18.1. The van der Waals surface area contributed by atoms with Crippen LogP contribution in [0.2, 0.25) is 16.6 Å². The monoisotopic (exact) mass is 462 g/mol. The van der Waals surface area contributed by atoms with Gasteiger partial charge in [0.1, 0.15) is 11.9 Å². The second-order valence-corrected chi connectivity index (χ2v) is 15.9. The molecule has 1 aliphatic heterocycles. The first-order valence-electron chi connectivity index (χ1n) is 12.7. The maximum Gasteiger partial charge on any atom is 0.202 e. The van der Waals surface area contributed by atoms with E-state index < -0.39 is 8.32 Å².